The van der Waals surface area contributed by atoms with Gasteiger partial charge in [-0.15, -0.1) is 0 Å². The van der Waals surface area contributed by atoms with Gasteiger partial charge in [0.25, 0.3) is 5.91 Å². The molecule has 0 radical (unpaired) electrons. The van der Waals surface area contributed by atoms with Gasteiger partial charge in [-0.2, -0.15) is 5.10 Å². The lowest BCUT2D eigenvalue weighted by Gasteiger charge is -2.34. The van der Waals surface area contributed by atoms with E-state index in [0.717, 1.165) is 5.56 Å². The summed E-state index contributed by atoms with van der Waals surface area (Å²) in [5, 5.41) is 13.8. The lowest BCUT2D eigenvalue weighted by Crippen LogP contribution is -2.43. The Morgan fingerprint density at radius 3 is 2.63 bits per heavy atom. The number of carboxylic acid groups (broad SMARTS) is 1. The maximum Gasteiger partial charge on any atom is 0.331 e. The Labute approximate surface area is 154 Å². The minimum Gasteiger partial charge on any atom is -0.479 e. The predicted molar refractivity (Wildman–Crippen MR) is 95.1 cm³/mol. The maximum atomic E-state index is 13.9. The standard InChI is InChI=1S/C20H16FN3O3/c21-16-7-3-4-8-17(16)24-12-14(11-22-24)19(25)23-10-9-13-5-1-2-6-15(13)18(23)20(26)27/h1-8,11-12,18H,9-10H2,(H,26,27). The van der Waals surface area contributed by atoms with Crippen LogP contribution in [0.1, 0.15) is 27.5 Å². The number of hydrogen-bond acceptors (Lipinski definition) is 3. The van der Waals surface area contributed by atoms with E-state index < -0.39 is 23.7 Å². The van der Waals surface area contributed by atoms with Gasteiger partial charge in [-0.3, -0.25) is 4.79 Å². The second kappa shape index (κ2) is 6.68. The van der Waals surface area contributed by atoms with Crippen LogP contribution in [-0.4, -0.2) is 38.2 Å². The summed E-state index contributed by atoms with van der Waals surface area (Å²) < 4.78 is 15.2. The quantitative estimate of drug-likeness (QED) is 0.774. The average molecular weight is 365 g/mol. The Morgan fingerprint density at radius 1 is 1.11 bits per heavy atom. The van der Waals surface area contributed by atoms with Gasteiger partial charge < -0.3 is 10.0 Å². The summed E-state index contributed by atoms with van der Waals surface area (Å²) in [7, 11) is 0. The molecule has 7 heteroatoms. The van der Waals surface area contributed by atoms with Crippen molar-refractivity contribution in [2.45, 2.75) is 12.5 Å². The van der Waals surface area contributed by atoms with Gasteiger partial charge in [-0.1, -0.05) is 36.4 Å². The highest BCUT2D eigenvalue weighted by Gasteiger charge is 2.36. The van der Waals surface area contributed by atoms with Crippen molar-refractivity contribution >= 4 is 11.9 Å². The van der Waals surface area contributed by atoms with Crippen LogP contribution in [0.15, 0.2) is 60.9 Å². The van der Waals surface area contributed by atoms with Crippen LogP contribution in [0.5, 0.6) is 0 Å². The fourth-order valence-corrected chi connectivity index (χ4v) is 3.42. The Balaban J connectivity index is 1.67. The van der Waals surface area contributed by atoms with Crippen LogP contribution in [0.4, 0.5) is 4.39 Å². The molecular formula is C20H16FN3O3. The van der Waals surface area contributed by atoms with Crippen LogP contribution in [-0.2, 0) is 11.2 Å². The topological polar surface area (TPSA) is 75.4 Å². The highest BCUT2D eigenvalue weighted by molar-refractivity contribution is 5.97. The van der Waals surface area contributed by atoms with E-state index in [4.69, 9.17) is 0 Å². The first-order chi connectivity index (χ1) is 13.1. The lowest BCUT2D eigenvalue weighted by molar-refractivity contribution is -0.143. The summed E-state index contributed by atoms with van der Waals surface area (Å²) in [6, 6.07) is 12.3. The van der Waals surface area contributed by atoms with E-state index in [-0.39, 0.29) is 17.8 Å². The zero-order valence-corrected chi connectivity index (χ0v) is 14.2. The van der Waals surface area contributed by atoms with Crippen molar-refractivity contribution in [2.24, 2.45) is 0 Å². The monoisotopic (exact) mass is 365 g/mol. The molecule has 4 rings (SSSR count). The van der Waals surface area contributed by atoms with E-state index in [0.29, 0.717) is 12.0 Å². The number of carbonyl (C=O) groups excluding carboxylic acids is 1. The van der Waals surface area contributed by atoms with Crippen LogP contribution < -0.4 is 0 Å². The number of aliphatic carboxylic acids is 1. The third kappa shape index (κ3) is 2.97. The third-order valence-electron chi connectivity index (χ3n) is 4.71. The molecule has 0 saturated heterocycles. The first-order valence-corrected chi connectivity index (χ1v) is 8.47. The van der Waals surface area contributed by atoms with Crippen LogP contribution >= 0.6 is 0 Å². The normalized spacial score (nSPS) is 16.0. The molecule has 1 N–H and O–H groups in total. The molecule has 0 aliphatic carbocycles. The molecule has 1 amide bonds. The van der Waals surface area contributed by atoms with Gasteiger partial charge in [0, 0.05) is 12.7 Å². The first kappa shape index (κ1) is 17.0. The maximum absolute atomic E-state index is 13.9. The van der Waals surface area contributed by atoms with E-state index in [9.17, 15) is 19.1 Å². The van der Waals surface area contributed by atoms with Crippen molar-refractivity contribution in [3.05, 3.63) is 83.4 Å². The number of para-hydroxylation sites is 1. The van der Waals surface area contributed by atoms with Gasteiger partial charge >= 0.3 is 5.97 Å². The highest BCUT2D eigenvalue weighted by Crippen LogP contribution is 2.31. The number of nitrogens with zero attached hydrogens (tertiary/aromatic N) is 3. The van der Waals surface area contributed by atoms with Gasteiger partial charge in [-0.05, 0) is 29.7 Å². The minimum absolute atomic E-state index is 0.212. The SMILES string of the molecule is O=C(O)C1c2ccccc2CCN1C(=O)c1cnn(-c2ccccc2F)c1. The molecule has 27 heavy (non-hydrogen) atoms. The van der Waals surface area contributed by atoms with Crippen LogP contribution in [0.3, 0.4) is 0 Å². The summed E-state index contributed by atoms with van der Waals surface area (Å²) in [6.07, 6.45) is 3.32. The number of carboxylic acids is 1. The highest BCUT2D eigenvalue weighted by atomic mass is 19.1. The largest absolute Gasteiger partial charge is 0.479 e. The molecule has 1 unspecified atom stereocenters. The minimum atomic E-state index is -1.09. The molecule has 0 saturated carbocycles. The molecule has 0 spiro atoms. The lowest BCUT2D eigenvalue weighted by atomic mass is 9.92. The summed E-state index contributed by atoms with van der Waals surface area (Å²) in [5.74, 6) is -1.99. The van der Waals surface area contributed by atoms with Crippen molar-refractivity contribution in [1.29, 1.82) is 0 Å². The Bertz CT molecular complexity index is 1030. The van der Waals surface area contributed by atoms with E-state index >= 15 is 0 Å². The summed E-state index contributed by atoms with van der Waals surface area (Å²) in [5.41, 5.74) is 1.97. The van der Waals surface area contributed by atoms with E-state index in [1.807, 2.05) is 12.1 Å². The summed E-state index contributed by atoms with van der Waals surface area (Å²) >= 11 is 0. The van der Waals surface area contributed by atoms with Gasteiger partial charge in [0.1, 0.15) is 11.5 Å². The number of fused-ring (bicyclic) bond motifs is 1. The van der Waals surface area contributed by atoms with Gasteiger partial charge in [-0.25, -0.2) is 13.9 Å². The van der Waals surface area contributed by atoms with Crippen molar-refractivity contribution < 1.29 is 19.1 Å². The summed E-state index contributed by atoms with van der Waals surface area (Å²) in [6.45, 7) is 0.289. The Morgan fingerprint density at radius 2 is 1.85 bits per heavy atom. The first-order valence-electron chi connectivity index (χ1n) is 8.47. The fraction of sp³-hybridized carbons (Fsp3) is 0.150. The number of carbonyl (C=O) groups is 2. The van der Waals surface area contributed by atoms with Crippen molar-refractivity contribution in [3.63, 3.8) is 0 Å². The molecular weight excluding hydrogens is 349 g/mol. The van der Waals surface area contributed by atoms with E-state index in [1.165, 1.54) is 28.0 Å². The molecule has 1 aliphatic heterocycles. The molecule has 2 heterocycles. The van der Waals surface area contributed by atoms with E-state index in [2.05, 4.69) is 5.10 Å². The molecule has 0 bridgehead atoms. The zero-order valence-electron chi connectivity index (χ0n) is 14.2. The predicted octanol–water partition coefficient (Wildman–Crippen LogP) is 2.84. The smallest absolute Gasteiger partial charge is 0.331 e. The number of amides is 1. The van der Waals surface area contributed by atoms with Gasteiger partial charge in [0.2, 0.25) is 0 Å². The molecule has 0 fully saturated rings. The van der Waals surface area contributed by atoms with Crippen molar-refractivity contribution in [1.82, 2.24) is 14.7 Å². The third-order valence-corrected chi connectivity index (χ3v) is 4.71. The van der Waals surface area contributed by atoms with Gasteiger partial charge in [0.15, 0.2) is 6.04 Å². The molecule has 6 nitrogen and oxygen atoms in total. The van der Waals surface area contributed by atoms with E-state index in [1.54, 1.807) is 30.3 Å². The molecule has 2 aromatic carbocycles. The van der Waals surface area contributed by atoms with Crippen LogP contribution in [0, 0.1) is 5.82 Å². The second-order valence-electron chi connectivity index (χ2n) is 6.31. The fourth-order valence-electron chi connectivity index (χ4n) is 3.42. The number of halogens is 1. The number of rotatable bonds is 3. The molecule has 1 aromatic heterocycles. The van der Waals surface area contributed by atoms with Crippen LogP contribution in [0.2, 0.25) is 0 Å². The average Bonchev–Trinajstić information content (AvgIpc) is 3.16. The molecule has 3 aromatic rings. The molecule has 1 aliphatic rings. The summed E-state index contributed by atoms with van der Waals surface area (Å²) in [4.78, 5) is 26.2. The number of hydrogen-bond donors (Lipinski definition) is 1. The molecule has 1 atom stereocenters. The Hall–Kier alpha value is -3.48. The van der Waals surface area contributed by atoms with Gasteiger partial charge in [0.05, 0.1) is 11.8 Å². The van der Waals surface area contributed by atoms with Crippen LogP contribution in [0.25, 0.3) is 5.69 Å². The number of aromatic nitrogens is 2. The second-order valence-corrected chi connectivity index (χ2v) is 6.31. The molecule has 136 valence electrons. The Kier molecular flexibility index (Phi) is 4.19. The van der Waals surface area contributed by atoms with Crippen molar-refractivity contribution in [2.75, 3.05) is 6.54 Å². The van der Waals surface area contributed by atoms with Crippen molar-refractivity contribution in [3.8, 4) is 5.69 Å². The zero-order chi connectivity index (χ0) is 19.0. The number of benzene rings is 2.